The second kappa shape index (κ2) is 46.2. The number of hydrogen-bond donors (Lipinski definition) is 3. The van der Waals surface area contributed by atoms with E-state index in [9.17, 15) is 63.0 Å². The molecule has 132 heavy (non-hydrogen) atoms. The third kappa shape index (κ3) is 27.8. The minimum absolute atomic E-state index is 0.0197. The molecule has 14 unspecified atom stereocenters. The van der Waals surface area contributed by atoms with Crippen LogP contribution in [-0.2, 0) is 105 Å². The maximum absolute atomic E-state index is 12.7. The van der Waals surface area contributed by atoms with E-state index < -0.39 is 43.7 Å². The summed E-state index contributed by atoms with van der Waals surface area (Å²) in [6.07, 6.45) is 31.3. The van der Waals surface area contributed by atoms with E-state index in [4.69, 9.17) is 57.2 Å². The van der Waals surface area contributed by atoms with Crippen LogP contribution in [0.15, 0.2) is 0 Å². The number of fused-ring (bicyclic) bond motifs is 2. The first kappa shape index (κ1) is 115. The molecule has 0 aromatic rings. The maximum Gasteiger partial charge on any atom is 0.314 e. The molecular weight excluding hydrogens is 1690 g/mol. The third-order valence-corrected chi connectivity index (χ3v) is 34.3. The Morgan fingerprint density at radius 2 is 0.705 bits per heavy atom. The first-order valence-electron chi connectivity index (χ1n) is 51.3. The smallest absolute Gasteiger partial charge is 0.314 e. The number of carbonyl (C=O) groups is 11. The third-order valence-electron chi connectivity index (χ3n) is 34.3. The number of hydrogen-bond acceptors (Lipinski definition) is 25. The number of rotatable bonds is 30. The van der Waals surface area contributed by atoms with E-state index in [-0.39, 0.29) is 174 Å². The van der Waals surface area contributed by atoms with Crippen molar-refractivity contribution in [2.75, 3.05) is 26.4 Å². The van der Waals surface area contributed by atoms with Crippen molar-refractivity contribution in [3.8, 4) is 0 Å². The first-order chi connectivity index (χ1) is 61.1. The van der Waals surface area contributed by atoms with E-state index >= 15 is 0 Å². The van der Waals surface area contributed by atoms with Crippen LogP contribution in [0.4, 0.5) is 0 Å². The number of esters is 11. The summed E-state index contributed by atoms with van der Waals surface area (Å²) in [5.74, 6) is 2.49. The fraction of sp³-hybridized carbons (Fsp3) is 0.897. The fourth-order valence-corrected chi connectivity index (χ4v) is 20.8. The Kier molecular flexibility index (Phi) is 40.2. The molecule has 0 radical (unpaired) electrons. The van der Waals surface area contributed by atoms with Gasteiger partial charge in [-0.1, -0.05) is 83.1 Å². The van der Waals surface area contributed by atoms with Crippen molar-refractivity contribution in [3.05, 3.63) is 0 Å². The predicted molar refractivity (Wildman–Crippen MR) is 505 cm³/mol. The molecule has 3 N–H and O–H groups in total. The summed E-state index contributed by atoms with van der Waals surface area (Å²) in [6.45, 7) is 58.0. The van der Waals surface area contributed by atoms with Crippen LogP contribution in [-0.4, -0.2) is 166 Å². The molecule has 14 aliphatic rings. The zero-order valence-corrected chi connectivity index (χ0v) is 87.6. The highest BCUT2D eigenvalue weighted by molar-refractivity contribution is 5.82. The largest absolute Gasteiger partial charge is 0.462 e. The second-order valence-electron chi connectivity index (χ2n) is 47.5. The second-order valence-corrected chi connectivity index (χ2v) is 47.5. The van der Waals surface area contributed by atoms with E-state index in [1.54, 1.807) is 13.8 Å². The van der Waals surface area contributed by atoms with Crippen LogP contribution in [0.1, 0.15) is 420 Å². The van der Waals surface area contributed by atoms with Crippen molar-refractivity contribution in [1.82, 2.24) is 0 Å². The van der Waals surface area contributed by atoms with Crippen molar-refractivity contribution < 1.29 is 120 Å². The number of cyclic esters (lactones) is 1. The predicted octanol–water partition coefficient (Wildman–Crippen LogP) is 21.1. The Hall–Kier alpha value is -5.95. The molecule has 14 fully saturated rings. The molecule has 3 aliphatic heterocycles. The minimum Gasteiger partial charge on any atom is -0.462 e. The van der Waals surface area contributed by atoms with Gasteiger partial charge in [-0.25, -0.2) is 0 Å². The van der Waals surface area contributed by atoms with Crippen LogP contribution in [0.25, 0.3) is 0 Å². The van der Waals surface area contributed by atoms with Gasteiger partial charge in [0.2, 0.25) is 0 Å². The highest BCUT2D eigenvalue weighted by Gasteiger charge is 2.66. The molecule has 0 aromatic carbocycles. The van der Waals surface area contributed by atoms with Gasteiger partial charge in [-0.3, -0.25) is 52.7 Å². The lowest BCUT2D eigenvalue weighted by atomic mass is 9.46. The quantitative estimate of drug-likeness (QED) is 0.0444. The number of aliphatic hydroxyl groups excluding tert-OH is 3. The number of aliphatic hydroxyl groups is 3. The van der Waals surface area contributed by atoms with Crippen molar-refractivity contribution in [2.45, 2.75) is 478 Å². The normalized spacial score (nSPS) is 29.2. The summed E-state index contributed by atoms with van der Waals surface area (Å²) < 4.78 is 60.5. The average molecular weight is 1870 g/mol. The highest BCUT2D eigenvalue weighted by Crippen LogP contribution is 2.65. The molecule has 11 aliphatic carbocycles. The van der Waals surface area contributed by atoms with Gasteiger partial charge in [0.25, 0.3) is 0 Å². The fourth-order valence-electron chi connectivity index (χ4n) is 20.8. The van der Waals surface area contributed by atoms with Crippen LogP contribution in [0.5, 0.6) is 0 Å². The molecule has 25 heteroatoms. The lowest BCUT2D eigenvalue weighted by molar-refractivity contribution is -0.208. The Bertz CT molecular complexity index is 3710. The Labute approximate surface area is 794 Å². The van der Waals surface area contributed by atoms with Gasteiger partial charge in [0.05, 0.1) is 81.4 Å². The molecule has 25 nitrogen and oxygen atoms in total. The highest BCUT2D eigenvalue weighted by atomic mass is 16.6. The van der Waals surface area contributed by atoms with Gasteiger partial charge < -0.3 is 67.4 Å². The van der Waals surface area contributed by atoms with Crippen LogP contribution >= 0.6 is 0 Å². The molecule has 14 atom stereocenters. The summed E-state index contributed by atoms with van der Waals surface area (Å²) in [5.41, 5.74) is -5.61. The number of ether oxygens (including phenoxy) is 11. The molecule has 0 spiro atoms. The minimum atomic E-state index is -0.764. The van der Waals surface area contributed by atoms with Gasteiger partial charge >= 0.3 is 65.7 Å². The van der Waals surface area contributed by atoms with Gasteiger partial charge in [0, 0.05) is 29.1 Å². The van der Waals surface area contributed by atoms with Crippen molar-refractivity contribution in [2.24, 2.45) is 108 Å². The van der Waals surface area contributed by atoms with E-state index in [0.29, 0.717) is 55.3 Å². The molecular formula is C107H182O25. The zero-order chi connectivity index (χ0) is 100.0. The zero-order valence-electron chi connectivity index (χ0n) is 87.6. The first-order valence-corrected chi connectivity index (χ1v) is 51.3. The lowest BCUT2D eigenvalue weighted by Crippen LogP contribution is -2.58. The van der Waals surface area contributed by atoms with Crippen molar-refractivity contribution in [3.63, 3.8) is 0 Å². The van der Waals surface area contributed by atoms with Crippen LogP contribution < -0.4 is 0 Å². The van der Waals surface area contributed by atoms with Crippen molar-refractivity contribution in [1.29, 1.82) is 0 Å². The molecule has 0 aromatic heterocycles. The Morgan fingerprint density at radius 1 is 0.386 bits per heavy atom. The van der Waals surface area contributed by atoms with E-state index in [1.807, 2.05) is 152 Å². The SMILES string of the molecule is CCC(C)(C)C(=O)OC1(C(C)C)CCCC1.CCC(C)(C)C(=O)OC1C2CC3C(=O)OC1C3C2.CCC(C)(C)C(=O)OC1C2CC3C(=O)OC1C3C2.CCC(C)(C)C(=O)OC1COC(=O)C1.CCC(C)(CO)C(=O)OC(C)(C)C.CCC(C)(CO)C(=O)OC(C)(C)C12CC3CC(CC(C3)C1)C2.CCC1(OC(=O)C(C)(C)CC)CCCC1.CCC1(OC(=O)C(C)(CC)CO)CCCC1. The molecule has 8 bridgehead atoms. The summed E-state index contributed by atoms with van der Waals surface area (Å²) in [4.78, 5) is 130. The van der Waals surface area contributed by atoms with Crippen molar-refractivity contribution >= 4 is 65.7 Å². The van der Waals surface area contributed by atoms with Gasteiger partial charge in [-0.15, -0.1) is 0 Å². The molecule has 760 valence electrons. The summed E-state index contributed by atoms with van der Waals surface area (Å²) in [7, 11) is 0. The average Bonchev–Trinajstić information content (AvgIpc) is 1.41. The van der Waals surface area contributed by atoms with Gasteiger partial charge in [-0.05, 0) is 354 Å². The Balaban J connectivity index is 0.000000233. The van der Waals surface area contributed by atoms with E-state index in [1.165, 1.54) is 64.2 Å². The maximum atomic E-state index is 12.7. The van der Waals surface area contributed by atoms with Crippen LogP contribution in [0.2, 0.25) is 0 Å². The molecule has 11 saturated carbocycles. The topological polar surface area (TPSA) is 350 Å². The van der Waals surface area contributed by atoms with Gasteiger partial charge in [-0.2, -0.15) is 0 Å². The summed E-state index contributed by atoms with van der Waals surface area (Å²) >= 11 is 0. The van der Waals surface area contributed by atoms with Crippen LogP contribution in [0.3, 0.4) is 0 Å². The van der Waals surface area contributed by atoms with Gasteiger partial charge in [0.15, 0.2) is 0 Å². The molecule has 3 heterocycles. The molecule has 3 saturated heterocycles. The van der Waals surface area contributed by atoms with E-state index in [2.05, 4.69) is 41.5 Å². The van der Waals surface area contributed by atoms with E-state index in [0.717, 1.165) is 133 Å². The monoisotopic (exact) mass is 1870 g/mol. The van der Waals surface area contributed by atoms with Gasteiger partial charge in [0.1, 0.15) is 65.1 Å². The Morgan fingerprint density at radius 3 is 1.02 bits per heavy atom. The van der Waals surface area contributed by atoms with Crippen LogP contribution in [0, 0.1) is 108 Å². The summed E-state index contributed by atoms with van der Waals surface area (Å²) in [5, 5.41) is 27.9. The molecule has 14 rings (SSSR count). The number of carbonyl (C=O) groups excluding carboxylic acids is 11. The molecule has 0 amide bonds. The standard InChI is InChI=1S/C19H32O3.2C14H20O4.C14H26O2.C13H24O3.C13H24O2.C10H16O4.C10H20O3/c1-5-18(4,12-20)16(21)22-17(2,3)19-9-13-6-14(10-19)8-15(7-13)11-19;2*1-4-14(2,3)13(16)18-10-7-5-8-9(6-7)12(15)17-11(8)10;1-6-13(4,5)12(15)16-14(11(2)3)9-7-8-10-14;1-4-12(3,10-14)11(15)16-13(5-2)8-6-7-9-13;1-5-12(3,4)11(14)15-13(6-2)9-7-8-10-13;1-4-10(2,3)9(12)14-7-5-8(11)13-6-7;1-6-10(5,7-11)8(12)13-9(2,3)4/h13-15,20H,5-12H2,1-4H3;2*7-11H,4-6H2,1-3H3;11H,6-10H2,1-5H3;14H,4-10H2,1-3H3;5-10H2,1-4H3;7H,4-6H2,1-3H3;11H,6-7H2,1-5H3. The lowest BCUT2D eigenvalue weighted by Gasteiger charge is -2.61. The summed E-state index contributed by atoms with van der Waals surface area (Å²) in [6, 6.07) is 0.